The Labute approximate surface area is 125 Å². The SMILES string of the molecule is CCCNC(c1ccc(OC)cc1F)C1CCS(=O)(=O)C1. The summed E-state index contributed by atoms with van der Waals surface area (Å²) in [6.07, 6.45) is 1.49. The maximum atomic E-state index is 14.3. The summed E-state index contributed by atoms with van der Waals surface area (Å²) in [5.74, 6) is 0.348. The highest BCUT2D eigenvalue weighted by atomic mass is 32.2. The van der Waals surface area contributed by atoms with Gasteiger partial charge in [0.05, 0.1) is 18.6 Å². The number of hydrogen-bond donors (Lipinski definition) is 1. The van der Waals surface area contributed by atoms with E-state index in [-0.39, 0.29) is 29.3 Å². The molecule has 0 aromatic heterocycles. The van der Waals surface area contributed by atoms with Crippen LogP contribution in [-0.2, 0) is 9.84 Å². The molecular formula is C15H22FNO3S. The quantitative estimate of drug-likeness (QED) is 0.875. The van der Waals surface area contributed by atoms with Gasteiger partial charge in [-0.2, -0.15) is 0 Å². The highest BCUT2D eigenvalue weighted by Crippen LogP contribution is 2.33. The van der Waals surface area contributed by atoms with Gasteiger partial charge in [0.2, 0.25) is 0 Å². The van der Waals surface area contributed by atoms with Gasteiger partial charge in [-0.1, -0.05) is 13.0 Å². The molecule has 1 aliphatic rings. The molecule has 1 aromatic rings. The Morgan fingerprint density at radius 1 is 1.48 bits per heavy atom. The lowest BCUT2D eigenvalue weighted by Gasteiger charge is -2.25. The summed E-state index contributed by atoms with van der Waals surface area (Å²) >= 11 is 0. The first kappa shape index (κ1) is 16.2. The van der Waals surface area contributed by atoms with E-state index in [2.05, 4.69) is 5.32 Å². The van der Waals surface area contributed by atoms with Gasteiger partial charge in [0.15, 0.2) is 9.84 Å². The van der Waals surface area contributed by atoms with Crippen LogP contribution in [0.15, 0.2) is 18.2 Å². The summed E-state index contributed by atoms with van der Waals surface area (Å²) in [5, 5.41) is 3.30. The van der Waals surface area contributed by atoms with Crippen molar-refractivity contribution in [2.75, 3.05) is 25.2 Å². The van der Waals surface area contributed by atoms with E-state index >= 15 is 0 Å². The summed E-state index contributed by atoms with van der Waals surface area (Å²) < 4.78 is 42.7. The molecule has 118 valence electrons. The number of sulfone groups is 1. The first-order valence-corrected chi connectivity index (χ1v) is 9.06. The minimum Gasteiger partial charge on any atom is -0.497 e. The van der Waals surface area contributed by atoms with Crippen LogP contribution >= 0.6 is 0 Å². The number of nitrogens with one attached hydrogen (secondary N) is 1. The smallest absolute Gasteiger partial charge is 0.150 e. The fourth-order valence-corrected chi connectivity index (χ4v) is 4.64. The van der Waals surface area contributed by atoms with Crippen molar-refractivity contribution in [3.8, 4) is 5.75 Å². The van der Waals surface area contributed by atoms with Gasteiger partial charge in [-0.15, -0.1) is 0 Å². The maximum absolute atomic E-state index is 14.3. The molecule has 0 amide bonds. The van der Waals surface area contributed by atoms with Crippen molar-refractivity contribution in [1.29, 1.82) is 0 Å². The van der Waals surface area contributed by atoms with Crippen molar-refractivity contribution >= 4 is 9.84 Å². The number of rotatable bonds is 6. The Bertz CT molecular complexity index is 589. The van der Waals surface area contributed by atoms with Gasteiger partial charge < -0.3 is 10.1 Å². The van der Waals surface area contributed by atoms with E-state index in [1.807, 2.05) is 6.92 Å². The van der Waals surface area contributed by atoms with E-state index in [1.165, 1.54) is 13.2 Å². The van der Waals surface area contributed by atoms with E-state index in [0.29, 0.717) is 17.7 Å². The largest absolute Gasteiger partial charge is 0.497 e. The predicted molar refractivity (Wildman–Crippen MR) is 80.7 cm³/mol. The Morgan fingerprint density at radius 2 is 2.24 bits per heavy atom. The van der Waals surface area contributed by atoms with Crippen LogP contribution in [0.1, 0.15) is 31.4 Å². The topological polar surface area (TPSA) is 55.4 Å². The summed E-state index contributed by atoms with van der Waals surface area (Å²) in [4.78, 5) is 0. The summed E-state index contributed by atoms with van der Waals surface area (Å²) in [5.41, 5.74) is 0.520. The van der Waals surface area contributed by atoms with Crippen LogP contribution in [0.3, 0.4) is 0 Å². The molecule has 0 spiro atoms. The van der Waals surface area contributed by atoms with Crippen LogP contribution < -0.4 is 10.1 Å². The zero-order valence-corrected chi connectivity index (χ0v) is 13.2. The van der Waals surface area contributed by atoms with Crippen molar-refractivity contribution < 1.29 is 17.5 Å². The number of ether oxygens (including phenoxy) is 1. The third-order valence-electron chi connectivity index (χ3n) is 3.90. The maximum Gasteiger partial charge on any atom is 0.150 e. The van der Waals surface area contributed by atoms with Crippen molar-refractivity contribution in [3.05, 3.63) is 29.6 Å². The molecule has 0 bridgehead atoms. The lowest BCUT2D eigenvalue weighted by atomic mass is 9.92. The van der Waals surface area contributed by atoms with Gasteiger partial charge in [0.25, 0.3) is 0 Å². The Hall–Kier alpha value is -1.14. The molecule has 21 heavy (non-hydrogen) atoms. The molecule has 1 fully saturated rings. The van der Waals surface area contributed by atoms with Gasteiger partial charge in [-0.25, -0.2) is 12.8 Å². The Morgan fingerprint density at radius 3 is 2.76 bits per heavy atom. The average molecular weight is 315 g/mol. The van der Waals surface area contributed by atoms with E-state index < -0.39 is 9.84 Å². The minimum absolute atomic E-state index is 0.0792. The van der Waals surface area contributed by atoms with Crippen LogP contribution in [0.4, 0.5) is 4.39 Å². The molecule has 1 saturated heterocycles. The molecule has 0 aliphatic carbocycles. The molecule has 6 heteroatoms. The van der Waals surface area contributed by atoms with E-state index in [4.69, 9.17) is 4.74 Å². The molecule has 2 unspecified atom stereocenters. The molecule has 4 nitrogen and oxygen atoms in total. The monoisotopic (exact) mass is 315 g/mol. The van der Waals surface area contributed by atoms with Gasteiger partial charge in [-0.05, 0) is 31.4 Å². The van der Waals surface area contributed by atoms with E-state index in [0.717, 1.165) is 13.0 Å². The highest BCUT2D eigenvalue weighted by Gasteiger charge is 2.35. The normalized spacial score (nSPS) is 22.1. The van der Waals surface area contributed by atoms with Crippen LogP contribution in [0.2, 0.25) is 0 Å². The first-order valence-electron chi connectivity index (χ1n) is 7.24. The highest BCUT2D eigenvalue weighted by molar-refractivity contribution is 7.91. The first-order chi connectivity index (χ1) is 9.96. The third kappa shape index (κ3) is 3.95. The van der Waals surface area contributed by atoms with Crippen LogP contribution in [0, 0.1) is 11.7 Å². The molecule has 1 heterocycles. The zero-order valence-electron chi connectivity index (χ0n) is 12.4. The summed E-state index contributed by atoms with van der Waals surface area (Å²) in [6, 6.07) is 4.47. The molecule has 1 aliphatic heterocycles. The van der Waals surface area contributed by atoms with E-state index in [9.17, 15) is 12.8 Å². The van der Waals surface area contributed by atoms with Gasteiger partial charge in [-0.3, -0.25) is 0 Å². The molecule has 2 rings (SSSR count). The molecule has 1 aromatic carbocycles. The summed E-state index contributed by atoms with van der Waals surface area (Å²) in [7, 11) is -1.50. The minimum atomic E-state index is -2.99. The third-order valence-corrected chi connectivity index (χ3v) is 5.69. The van der Waals surface area contributed by atoms with Crippen molar-refractivity contribution in [2.45, 2.75) is 25.8 Å². The number of hydrogen-bond acceptors (Lipinski definition) is 4. The lowest BCUT2D eigenvalue weighted by Crippen LogP contribution is -2.30. The van der Waals surface area contributed by atoms with Crippen molar-refractivity contribution in [3.63, 3.8) is 0 Å². The van der Waals surface area contributed by atoms with E-state index in [1.54, 1.807) is 12.1 Å². The second kappa shape index (κ2) is 6.75. The van der Waals surface area contributed by atoms with Gasteiger partial charge in [0, 0.05) is 17.7 Å². The van der Waals surface area contributed by atoms with Crippen LogP contribution in [-0.4, -0.2) is 33.6 Å². The molecule has 1 N–H and O–H groups in total. The number of halogens is 1. The molecular weight excluding hydrogens is 293 g/mol. The van der Waals surface area contributed by atoms with Crippen LogP contribution in [0.25, 0.3) is 0 Å². The fraction of sp³-hybridized carbons (Fsp3) is 0.600. The Balaban J connectivity index is 2.27. The fourth-order valence-electron chi connectivity index (χ4n) is 2.80. The summed E-state index contributed by atoms with van der Waals surface area (Å²) in [6.45, 7) is 2.76. The van der Waals surface area contributed by atoms with Gasteiger partial charge >= 0.3 is 0 Å². The predicted octanol–water partition coefficient (Wildman–Crippen LogP) is 2.31. The standard InChI is InChI=1S/C15H22FNO3S/c1-3-7-17-15(11-6-8-21(18,19)10-11)13-5-4-12(20-2)9-14(13)16/h4-5,9,11,15,17H,3,6-8,10H2,1-2H3. The zero-order chi connectivity index (χ0) is 15.5. The number of methoxy groups -OCH3 is 1. The lowest BCUT2D eigenvalue weighted by molar-refractivity contribution is 0.375. The molecule has 0 radical (unpaired) electrons. The average Bonchev–Trinajstić information content (AvgIpc) is 2.80. The molecule has 2 atom stereocenters. The number of benzene rings is 1. The molecule has 0 saturated carbocycles. The Kier molecular flexibility index (Phi) is 5.22. The van der Waals surface area contributed by atoms with Gasteiger partial charge in [0.1, 0.15) is 11.6 Å². The van der Waals surface area contributed by atoms with Crippen LogP contribution in [0.5, 0.6) is 5.75 Å². The van der Waals surface area contributed by atoms with Crippen molar-refractivity contribution in [1.82, 2.24) is 5.32 Å². The second-order valence-corrected chi connectivity index (χ2v) is 7.71. The van der Waals surface area contributed by atoms with Crippen molar-refractivity contribution in [2.24, 2.45) is 5.92 Å². The second-order valence-electron chi connectivity index (χ2n) is 5.48.